The van der Waals surface area contributed by atoms with Crippen molar-refractivity contribution >= 4 is 17.5 Å². The van der Waals surface area contributed by atoms with E-state index in [4.69, 9.17) is 0 Å². The molecule has 3 fully saturated rings. The first kappa shape index (κ1) is 14.9. The number of carbonyl (C=O) groups excluding carboxylic acids is 2. The van der Waals surface area contributed by atoms with Crippen LogP contribution in [0.4, 0.5) is 5.69 Å². The molecule has 3 nitrogen and oxygen atoms in total. The molecule has 126 valence electrons. The third-order valence-electron chi connectivity index (χ3n) is 6.37. The molecule has 0 spiro atoms. The lowest BCUT2D eigenvalue weighted by molar-refractivity contribution is -0.123. The first-order chi connectivity index (χ1) is 12.2. The minimum atomic E-state index is -0.0461. The minimum Gasteiger partial charge on any atom is -0.274 e. The van der Waals surface area contributed by atoms with Gasteiger partial charge in [0.1, 0.15) is 0 Å². The molecule has 0 aromatic heterocycles. The van der Waals surface area contributed by atoms with Crippen molar-refractivity contribution in [3.63, 3.8) is 0 Å². The number of fused-ring (bicyclic) bond motifs is 5. The molecule has 0 radical (unpaired) electrons. The zero-order valence-corrected chi connectivity index (χ0v) is 14.1. The summed E-state index contributed by atoms with van der Waals surface area (Å²) in [6.45, 7) is 0. The van der Waals surface area contributed by atoms with E-state index in [2.05, 4.69) is 12.1 Å². The second kappa shape index (κ2) is 5.55. The first-order valence-electron chi connectivity index (χ1n) is 9.23. The van der Waals surface area contributed by atoms with Gasteiger partial charge in [0, 0.05) is 0 Å². The first-order valence-corrected chi connectivity index (χ1v) is 9.23. The molecule has 4 atom stereocenters. The highest BCUT2D eigenvalue weighted by Gasteiger charge is 2.61. The van der Waals surface area contributed by atoms with Crippen molar-refractivity contribution in [2.75, 3.05) is 4.90 Å². The zero-order chi connectivity index (χ0) is 17.0. The Hall–Kier alpha value is -2.42. The SMILES string of the molecule is O=C1C2C3CCC(C3)C2C(=O)N1c1ccc(Cc2ccccc2)cc1. The normalized spacial score (nSPS) is 30.2. The minimum absolute atomic E-state index is 0.0398. The molecular weight excluding hydrogens is 310 g/mol. The van der Waals surface area contributed by atoms with Crippen LogP contribution in [0.5, 0.6) is 0 Å². The number of imide groups is 1. The molecule has 4 unspecified atom stereocenters. The van der Waals surface area contributed by atoms with Crippen molar-refractivity contribution < 1.29 is 9.59 Å². The molecular formula is C22H21NO2. The molecule has 2 aromatic carbocycles. The van der Waals surface area contributed by atoms with E-state index >= 15 is 0 Å². The highest BCUT2D eigenvalue weighted by Crippen LogP contribution is 2.56. The van der Waals surface area contributed by atoms with Crippen molar-refractivity contribution in [1.82, 2.24) is 0 Å². The molecule has 3 heteroatoms. The van der Waals surface area contributed by atoms with Gasteiger partial charge in [0.05, 0.1) is 17.5 Å². The largest absolute Gasteiger partial charge is 0.274 e. The fraction of sp³-hybridized carbons (Fsp3) is 0.364. The molecule has 2 bridgehead atoms. The maximum absolute atomic E-state index is 12.9. The molecule has 0 N–H and O–H groups in total. The zero-order valence-electron chi connectivity index (χ0n) is 14.1. The van der Waals surface area contributed by atoms with E-state index in [9.17, 15) is 9.59 Å². The Morgan fingerprint density at radius 2 is 1.32 bits per heavy atom. The summed E-state index contributed by atoms with van der Waals surface area (Å²) < 4.78 is 0. The average Bonchev–Trinajstić information content (AvgIpc) is 3.31. The smallest absolute Gasteiger partial charge is 0.237 e. The van der Waals surface area contributed by atoms with Crippen LogP contribution in [0, 0.1) is 23.7 Å². The lowest BCUT2D eigenvalue weighted by Gasteiger charge is -2.19. The molecule has 2 aromatic rings. The van der Waals surface area contributed by atoms with E-state index in [0.717, 1.165) is 31.4 Å². The Bertz CT molecular complexity index is 799. The summed E-state index contributed by atoms with van der Waals surface area (Å²) in [4.78, 5) is 27.2. The van der Waals surface area contributed by atoms with Crippen LogP contribution in [0.1, 0.15) is 30.4 Å². The van der Waals surface area contributed by atoms with Crippen LogP contribution >= 0.6 is 0 Å². The van der Waals surface area contributed by atoms with Gasteiger partial charge in [-0.15, -0.1) is 0 Å². The van der Waals surface area contributed by atoms with Gasteiger partial charge in [0.15, 0.2) is 0 Å². The maximum Gasteiger partial charge on any atom is 0.237 e. The topological polar surface area (TPSA) is 37.4 Å². The Kier molecular flexibility index (Phi) is 3.30. The Balaban J connectivity index is 1.39. The predicted molar refractivity (Wildman–Crippen MR) is 96.0 cm³/mol. The number of amides is 2. The van der Waals surface area contributed by atoms with E-state index in [-0.39, 0.29) is 23.7 Å². The van der Waals surface area contributed by atoms with Gasteiger partial charge in [-0.1, -0.05) is 42.5 Å². The van der Waals surface area contributed by atoms with Crippen molar-refractivity contribution in [3.05, 3.63) is 65.7 Å². The summed E-state index contributed by atoms with van der Waals surface area (Å²) in [5, 5.41) is 0. The predicted octanol–water partition coefficient (Wildman–Crippen LogP) is 3.81. The monoisotopic (exact) mass is 331 g/mol. The fourth-order valence-corrected chi connectivity index (χ4v) is 5.26. The van der Waals surface area contributed by atoms with Gasteiger partial charge in [-0.2, -0.15) is 0 Å². The Morgan fingerprint density at radius 1 is 0.760 bits per heavy atom. The van der Waals surface area contributed by atoms with E-state index in [0.29, 0.717) is 11.8 Å². The summed E-state index contributed by atoms with van der Waals surface area (Å²) in [5.74, 6) is 0.865. The molecule has 25 heavy (non-hydrogen) atoms. The van der Waals surface area contributed by atoms with Crippen LogP contribution in [0.15, 0.2) is 54.6 Å². The lowest BCUT2D eigenvalue weighted by Crippen LogP contribution is -2.32. The molecule has 1 heterocycles. The molecule has 3 aliphatic rings. The number of hydrogen-bond donors (Lipinski definition) is 0. The van der Waals surface area contributed by atoms with Gasteiger partial charge in [-0.3, -0.25) is 14.5 Å². The van der Waals surface area contributed by atoms with Crippen molar-refractivity contribution in [2.45, 2.75) is 25.7 Å². The summed E-state index contributed by atoms with van der Waals surface area (Å²) in [5.41, 5.74) is 3.18. The van der Waals surface area contributed by atoms with Crippen LogP contribution in [0.3, 0.4) is 0 Å². The third kappa shape index (κ3) is 2.25. The van der Waals surface area contributed by atoms with Gasteiger partial charge < -0.3 is 0 Å². The van der Waals surface area contributed by atoms with Crippen LogP contribution in [0.25, 0.3) is 0 Å². The summed E-state index contributed by atoms with van der Waals surface area (Å²) in [7, 11) is 0. The quantitative estimate of drug-likeness (QED) is 0.802. The third-order valence-corrected chi connectivity index (χ3v) is 6.37. The second-order valence-electron chi connectivity index (χ2n) is 7.73. The molecule has 2 saturated carbocycles. The number of carbonyl (C=O) groups is 2. The maximum atomic E-state index is 12.9. The average molecular weight is 331 g/mol. The van der Waals surface area contributed by atoms with E-state index in [1.54, 1.807) is 0 Å². The van der Waals surface area contributed by atoms with E-state index < -0.39 is 0 Å². The van der Waals surface area contributed by atoms with Gasteiger partial charge >= 0.3 is 0 Å². The highest BCUT2D eigenvalue weighted by molar-refractivity contribution is 6.22. The second-order valence-corrected chi connectivity index (χ2v) is 7.73. The van der Waals surface area contributed by atoms with Crippen LogP contribution < -0.4 is 4.90 Å². The number of anilines is 1. The molecule has 2 amide bonds. The number of nitrogens with zero attached hydrogens (tertiary/aromatic N) is 1. The van der Waals surface area contributed by atoms with Gasteiger partial charge in [0.25, 0.3) is 0 Å². The number of benzene rings is 2. The van der Waals surface area contributed by atoms with Crippen molar-refractivity contribution in [3.8, 4) is 0 Å². The summed E-state index contributed by atoms with van der Waals surface area (Å²) in [6.07, 6.45) is 4.18. The highest BCUT2D eigenvalue weighted by atomic mass is 16.2. The fourth-order valence-electron chi connectivity index (χ4n) is 5.26. The Morgan fingerprint density at radius 3 is 1.92 bits per heavy atom. The standard InChI is InChI=1S/C22H21NO2/c24-21-19-16-8-9-17(13-16)20(19)22(25)23(21)18-10-6-15(7-11-18)12-14-4-2-1-3-5-14/h1-7,10-11,16-17,19-20H,8-9,12-13H2. The number of rotatable bonds is 3. The van der Waals surface area contributed by atoms with Crippen molar-refractivity contribution in [2.24, 2.45) is 23.7 Å². The number of hydrogen-bond acceptors (Lipinski definition) is 2. The van der Waals surface area contributed by atoms with E-state index in [1.165, 1.54) is 16.0 Å². The van der Waals surface area contributed by atoms with E-state index in [1.807, 2.05) is 42.5 Å². The lowest BCUT2D eigenvalue weighted by atomic mass is 9.81. The van der Waals surface area contributed by atoms with Gasteiger partial charge in [-0.25, -0.2) is 0 Å². The van der Waals surface area contributed by atoms with Crippen LogP contribution in [-0.4, -0.2) is 11.8 Å². The van der Waals surface area contributed by atoms with Crippen LogP contribution in [-0.2, 0) is 16.0 Å². The Labute approximate surface area is 147 Å². The summed E-state index contributed by atoms with van der Waals surface area (Å²) >= 11 is 0. The molecule has 1 aliphatic heterocycles. The molecule has 5 rings (SSSR count). The van der Waals surface area contributed by atoms with Crippen molar-refractivity contribution in [1.29, 1.82) is 0 Å². The van der Waals surface area contributed by atoms with Gasteiger partial charge in [0.2, 0.25) is 11.8 Å². The molecule has 2 aliphatic carbocycles. The van der Waals surface area contributed by atoms with Crippen LogP contribution in [0.2, 0.25) is 0 Å². The molecule has 1 saturated heterocycles. The van der Waals surface area contributed by atoms with Gasteiger partial charge in [-0.05, 0) is 60.8 Å². The summed E-state index contributed by atoms with van der Waals surface area (Å²) in [6, 6.07) is 18.2.